The van der Waals surface area contributed by atoms with Gasteiger partial charge in [0.05, 0.1) is 37.2 Å². The van der Waals surface area contributed by atoms with Crippen LogP contribution >= 0.6 is 0 Å². The molecule has 1 aromatic rings. The summed E-state index contributed by atoms with van der Waals surface area (Å²) in [6.45, 7) is 5.44. The summed E-state index contributed by atoms with van der Waals surface area (Å²) in [4.78, 5) is 42.0. The van der Waals surface area contributed by atoms with E-state index < -0.39 is 41.0 Å². The zero-order chi connectivity index (χ0) is 24.1. The quantitative estimate of drug-likeness (QED) is 0.563. The first-order chi connectivity index (χ1) is 15.7. The number of methoxy groups -OCH3 is 1. The third kappa shape index (κ3) is 3.24. The Morgan fingerprint density at radius 1 is 1.30 bits per heavy atom. The average Bonchev–Trinajstić information content (AvgIpc) is 3.32. The number of carbonyl (C=O) groups is 3. The number of carbonyl (C=O) groups excluding carboxylic acids is 3. The Morgan fingerprint density at radius 2 is 1.97 bits per heavy atom. The van der Waals surface area contributed by atoms with Crippen LogP contribution in [0.15, 0.2) is 24.3 Å². The van der Waals surface area contributed by atoms with Crippen LogP contribution in [0.3, 0.4) is 0 Å². The van der Waals surface area contributed by atoms with Crippen LogP contribution in [0.25, 0.3) is 0 Å². The Kier molecular flexibility index (Phi) is 5.90. The smallest absolute Gasteiger partial charge is 0.250 e. The molecule has 3 heterocycles. The van der Waals surface area contributed by atoms with Gasteiger partial charge in [0.1, 0.15) is 17.4 Å². The molecule has 1 aromatic carbocycles. The molecule has 2 bridgehead atoms. The molecule has 1 spiro atoms. The van der Waals surface area contributed by atoms with E-state index in [1.54, 1.807) is 38.4 Å². The van der Waals surface area contributed by atoms with Crippen molar-refractivity contribution in [2.45, 2.75) is 56.9 Å². The minimum absolute atomic E-state index is 0.0331. The highest BCUT2D eigenvalue weighted by atomic mass is 16.5. The van der Waals surface area contributed by atoms with Crippen LogP contribution in [0.2, 0.25) is 0 Å². The topological polar surface area (TPSA) is 117 Å². The van der Waals surface area contributed by atoms with Gasteiger partial charge < -0.3 is 30.1 Å². The Bertz CT molecular complexity index is 948. The maximum absolute atomic E-state index is 13.8. The second-order valence-electron chi connectivity index (χ2n) is 9.53. The Hall–Kier alpha value is -2.65. The number of amides is 3. The zero-order valence-corrected chi connectivity index (χ0v) is 19.8. The van der Waals surface area contributed by atoms with Crippen LogP contribution in [-0.4, -0.2) is 71.8 Å². The molecule has 3 N–H and O–H groups in total. The number of nitrogens with one attached hydrogen (secondary N) is 2. The van der Waals surface area contributed by atoms with Crippen molar-refractivity contribution in [3.8, 4) is 5.75 Å². The lowest BCUT2D eigenvalue weighted by molar-refractivity contribution is -0.149. The Balaban J connectivity index is 1.78. The van der Waals surface area contributed by atoms with E-state index in [0.29, 0.717) is 24.3 Å². The molecule has 3 amide bonds. The van der Waals surface area contributed by atoms with E-state index in [0.717, 1.165) is 0 Å². The van der Waals surface area contributed by atoms with Crippen LogP contribution in [0, 0.1) is 17.8 Å². The fourth-order valence-electron chi connectivity index (χ4n) is 6.22. The van der Waals surface area contributed by atoms with Gasteiger partial charge in [0, 0.05) is 12.7 Å². The molecule has 0 saturated carbocycles. The van der Waals surface area contributed by atoms with Gasteiger partial charge in [0.25, 0.3) is 0 Å². The van der Waals surface area contributed by atoms with Crippen molar-refractivity contribution in [2.24, 2.45) is 17.8 Å². The normalized spacial score (nSPS) is 35.3. The predicted octanol–water partition coefficient (Wildman–Crippen LogP) is 1.16. The summed E-state index contributed by atoms with van der Waals surface area (Å²) >= 11 is 0. The molecule has 3 aliphatic rings. The highest BCUT2D eigenvalue weighted by Crippen LogP contribution is 2.65. The number of aliphatic hydroxyl groups is 1. The number of anilines is 1. The molecule has 33 heavy (non-hydrogen) atoms. The number of rotatable bonds is 7. The molecular weight excluding hydrogens is 426 g/mol. The largest absolute Gasteiger partial charge is 0.497 e. The number of ether oxygens (including phenoxy) is 2. The molecule has 0 radical (unpaired) electrons. The fourth-order valence-corrected chi connectivity index (χ4v) is 6.22. The third-order valence-corrected chi connectivity index (χ3v) is 7.96. The summed E-state index contributed by atoms with van der Waals surface area (Å²) in [6.07, 6.45) is 0.946. The van der Waals surface area contributed by atoms with Crippen LogP contribution in [0.5, 0.6) is 5.75 Å². The molecule has 180 valence electrons. The number of nitrogens with zero attached hydrogens (tertiary/aromatic N) is 1. The minimum Gasteiger partial charge on any atom is -0.497 e. The molecule has 3 fully saturated rings. The van der Waals surface area contributed by atoms with E-state index in [-0.39, 0.29) is 24.3 Å². The molecule has 4 rings (SSSR count). The van der Waals surface area contributed by atoms with Crippen molar-refractivity contribution in [3.63, 3.8) is 0 Å². The van der Waals surface area contributed by atoms with Crippen molar-refractivity contribution in [2.75, 3.05) is 26.1 Å². The highest BCUT2D eigenvalue weighted by molar-refractivity contribution is 6.04. The van der Waals surface area contributed by atoms with Gasteiger partial charge in [-0.3, -0.25) is 14.4 Å². The molecule has 9 heteroatoms. The number of hydrogen-bond acceptors (Lipinski definition) is 6. The number of benzene rings is 1. The maximum atomic E-state index is 13.8. The summed E-state index contributed by atoms with van der Waals surface area (Å²) in [6, 6.07) is 5.40. The van der Waals surface area contributed by atoms with Gasteiger partial charge in [-0.05, 0) is 49.9 Å². The number of fused-ring (bicyclic) bond motifs is 1. The molecule has 3 aliphatic heterocycles. The van der Waals surface area contributed by atoms with Crippen LogP contribution in [0.4, 0.5) is 5.69 Å². The first kappa shape index (κ1) is 23.5. The molecule has 0 aliphatic carbocycles. The lowest BCUT2D eigenvalue weighted by Crippen LogP contribution is -2.56. The number of aliphatic hydroxyl groups excluding tert-OH is 1. The van der Waals surface area contributed by atoms with Gasteiger partial charge in [-0.15, -0.1) is 0 Å². The number of hydrogen-bond donors (Lipinski definition) is 3. The summed E-state index contributed by atoms with van der Waals surface area (Å²) in [5, 5.41) is 15.6. The molecule has 9 nitrogen and oxygen atoms in total. The summed E-state index contributed by atoms with van der Waals surface area (Å²) in [5.74, 6) is -1.84. The van der Waals surface area contributed by atoms with Crippen LogP contribution in [0.1, 0.15) is 33.6 Å². The Labute approximate surface area is 193 Å². The van der Waals surface area contributed by atoms with Crippen molar-refractivity contribution in [3.05, 3.63) is 24.3 Å². The van der Waals surface area contributed by atoms with E-state index in [1.807, 2.05) is 20.8 Å². The summed E-state index contributed by atoms with van der Waals surface area (Å²) in [7, 11) is 3.11. The van der Waals surface area contributed by atoms with E-state index >= 15 is 0 Å². The van der Waals surface area contributed by atoms with E-state index in [9.17, 15) is 19.5 Å². The summed E-state index contributed by atoms with van der Waals surface area (Å²) in [5.41, 5.74) is -1.44. The molecule has 3 unspecified atom stereocenters. The van der Waals surface area contributed by atoms with Crippen LogP contribution in [-0.2, 0) is 19.1 Å². The molecule has 0 aromatic heterocycles. The number of likely N-dealkylation sites (tertiary alicyclic amines) is 1. The first-order valence-corrected chi connectivity index (χ1v) is 11.5. The fraction of sp³-hybridized carbons (Fsp3) is 0.625. The van der Waals surface area contributed by atoms with E-state index in [2.05, 4.69) is 10.6 Å². The van der Waals surface area contributed by atoms with Crippen molar-refractivity contribution < 1.29 is 29.0 Å². The van der Waals surface area contributed by atoms with Gasteiger partial charge in [0.2, 0.25) is 17.7 Å². The lowest BCUT2D eigenvalue weighted by Gasteiger charge is -2.36. The van der Waals surface area contributed by atoms with E-state index in [4.69, 9.17) is 9.47 Å². The second-order valence-corrected chi connectivity index (χ2v) is 9.53. The van der Waals surface area contributed by atoms with Gasteiger partial charge >= 0.3 is 0 Å². The molecule has 3 saturated heterocycles. The van der Waals surface area contributed by atoms with Crippen molar-refractivity contribution >= 4 is 23.4 Å². The van der Waals surface area contributed by atoms with Crippen LogP contribution < -0.4 is 15.4 Å². The van der Waals surface area contributed by atoms with Crippen molar-refractivity contribution in [1.29, 1.82) is 0 Å². The maximum Gasteiger partial charge on any atom is 0.250 e. The van der Waals surface area contributed by atoms with Gasteiger partial charge in [-0.25, -0.2) is 0 Å². The lowest BCUT2D eigenvalue weighted by atomic mass is 9.62. The SMILES string of the molecule is CC[C@@H](CO)N1C(=O)[C@@H]2[C@H](C(=O)NC)[C@@]3(C)OC2(CC3C)C1C(=O)Nc1ccc(OC)cc1. The second kappa shape index (κ2) is 8.29. The van der Waals surface area contributed by atoms with Gasteiger partial charge in [-0.1, -0.05) is 13.8 Å². The zero-order valence-electron chi connectivity index (χ0n) is 19.8. The predicted molar refractivity (Wildman–Crippen MR) is 120 cm³/mol. The van der Waals surface area contributed by atoms with Gasteiger partial charge in [-0.2, -0.15) is 0 Å². The first-order valence-electron chi connectivity index (χ1n) is 11.5. The highest BCUT2D eigenvalue weighted by Gasteiger charge is 2.80. The minimum atomic E-state index is -1.14. The monoisotopic (exact) mass is 459 g/mol. The van der Waals surface area contributed by atoms with Gasteiger partial charge in [0.15, 0.2) is 0 Å². The molecular formula is C24H33N3O6. The summed E-state index contributed by atoms with van der Waals surface area (Å²) < 4.78 is 11.8. The van der Waals surface area contributed by atoms with Crippen molar-refractivity contribution in [1.82, 2.24) is 10.2 Å². The third-order valence-electron chi connectivity index (χ3n) is 7.96. The van der Waals surface area contributed by atoms with E-state index in [1.165, 1.54) is 4.90 Å². The average molecular weight is 460 g/mol. The molecule has 7 atom stereocenters. The standard InChI is InChI=1S/C24H33N3O6/c1-6-15(12-28)27-19(21(30)26-14-7-9-16(32-5)10-8-14)24-11-13(2)23(3,33-24)17(20(29)25-4)18(24)22(27)31/h7-10,13,15,17-19,28H,6,11-12H2,1-5H3,(H,25,29)(H,26,30)/t13?,15-,17+,18-,19?,23-,24?/m0/s1. The Morgan fingerprint density at radius 3 is 2.52 bits per heavy atom.